The summed E-state index contributed by atoms with van der Waals surface area (Å²) in [6.07, 6.45) is 3.63. The van der Waals surface area contributed by atoms with Crippen molar-refractivity contribution in [2.45, 2.75) is 26.2 Å². The summed E-state index contributed by atoms with van der Waals surface area (Å²) in [5, 5.41) is 3.42. The summed E-state index contributed by atoms with van der Waals surface area (Å²) < 4.78 is 5.42. The maximum atomic E-state index is 5.42. The summed E-state index contributed by atoms with van der Waals surface area (Å²) in [6, 6.07) is 8.38. The number of piperidine rings is 1. The van der Waals surface area contributed by atoms with Gasteiger partial charge < -0.3 is 10.1 Å². The van der Waals surface area contributed by atoms with Crippen molar-refractivity contribution < 1.29 is 4.74 Å². The van der Waals surface area contributed by atoms with Crippen molar-refractivity contribution in [2.75, 3.05) is 20.2 Å². The van der Waals surface area contributed by atoms with Crippen molar-refractivity contribution in [1.82, 2.24) is 5.32 Å². The highest BCUT2D eigenvalue weighted by atomic mass is 16.5. The Morgan fingerprint density at radius 3 is 2.62 bits per heavy atom. The number of rotatable bonds is 3. The molecule has 1 aliphatic rings. The maximum Gasteiger partial charge on any atom is 0.122 e. The minimum absolute atomic E-state index is 0.430. The molecule has 16 heavy (non-hydrogen) atoms. The van der Waals surface area contributed by atoms with Crippen LogP contribution in [-0.2, 0) is 6.42 Å². The molecule has 1 aromatic rings. The first-order valence-corrected chi connectivity index (χ1v) is 6.06. The molecule has 0 atom stereocenters. The Morgan fingerprint density at radius 1 is 1.25 bits per heavy atom. The quantitative estimate of drug-likeness (QED) is 0.843. The third-order valence-electron chi connectivity index (χ3n) is 3.62. The lowest BCUT2D eigenvalue weighted by atomic mass is 9.76. The van der Waals surface area contributed by atoms with Gasteiger partial charge >= 0.3 is 0 Å². The highest BCUT2D eigenvalue weighted by molar-refractivity contribution is 5.34. The fraction of sp³-hybridized carbons (Fsp3) is 0.571. The molecule has 1 aromatic carbocycles. The average molecular weight is 219 g/mol. The highest BCUT2D eigenvalue weighted by Gasteiger charge is 2.27. The molecule has 0 radical (unpaired) electrons. The van der Waals surface area contributed by atoms with E-state index in [0.29, 0.717) is 5.41 Å². The minimum atomic E-state index is 0.430. The molecule has 2 nitrogen and oxygen atoms in total. The summed E-state index contributed by atoms with van der Waals surface area (Å²) in [4.78, 5) is 0. The fourth-order valence-electron chi connectivity index (χ4n) is 2.52. The molecule has 0 saturated carbocycles. The predicted octanol–water partition coefficient (Wildman–Crippen LogP) is 2.63. The lowest BCUT2D eigenvalue weighted by molar-refractivity contribution is 0.225. The van der Waals surface area contributed by atoms with Crippen LogP contribution >= 0.6 is 0 Å². The van der Waals surface area contributed by atoms with E-state index in [1.54, 1.807) is 7.11 Å². The average Bonchev–Trinajstić information content (AvgIpc) is 2.30. The van der Waals surface area contributed by atoms with Crippen LogP contribution in [0.5, 0.6) is 5.75 Å². The Hall–Kier alpha value is -1.02. The molecule has 88 valence electrons. The number of methoxy groups -OCH3 is 1. The van der Waals surface area contributed by atoms with Crippen LogP contribution in [0.3, 0.4) is 0 Å². The van der Waals surface area contributed by atoms with Gasteiger partial charge in [0.1, 0.15) is 5.75 Å². The monoisotopic (exact) mass is 219 g/mol. The van der Waals surface area contributed by atoms with E-state index in [1.165, 1.54) is 18.4 Å². The zero-order valence-corrected chi connectivity index (χ0v) is 10.3. The third-order valence-corrected chi connectivity index (χ3v) is 3.62. The van der Waals surface area contributed by atoms with Gasteiger partial charge in [-0.2, -0.15) is 0 Å². The topological polar surface area (TPSA) is 21.3 Å². The van der Waals surface area contributed by atoms with Gasteiger partial charge in [-0.3, -0.25) is 0 Å². The molecular formula is C14H21NO. The second kappa shape index (κ2) is 4.88. The van der Waals surface area contributed by atoms with Crippen molar-refractivity contribution in [3.05, 3.63) is 29.8 Å². The highest BCUT2D eigenvalue weighted by Crippen LogP contribution is 2.34. The van der Waals surface area contributed by atoms with Gasteiger partial charge in [0, 0.05) is 0 Å². The van der Waals surface area contributed by atoms with Crippen LogP contribution in [0.4, 0.5) is 0 Å². The number of hydrogen-bond donors (Lipinski definition) is 1. The van der Waals surface area contributed by atoms with Crippen molar-refractivity contribution in [3.63, 3.8) is 0 Å². The first-order chi connectivity index (χ1) is 7.73. The van der Waals surface area contributed by atoms with Crippen LogP contribution < -0.4 is 10.1 Å². The number of ether oxygens (including phenoxy) is 1. The number of hydrogen-bond acceptors (Lipinski definition) is 2. The van der Waals surface area contributed by atoms with E-state index in [1.807, 2.05) is 6.07 Å². The molecule has 2 heteroatoms. The van der Waals surface area contributed by atoms with E-state index in [9.17, 15) is 0 Å². The molecule has 1 saturated heterocycles. The van der Waals surface area contributed by atoms with Crippen molar-refractivity contribution in [2.24, 2.45) is 5.41 Å². The molecule has 1 aliphatic heterocycles. The van der Waals surface area contributed by atoms with Crippen LogP contribution in [-0.4, -0.2) is 20.2 Å². The summed E-state index contributed by atoms with van der Waals surface area (Å²) >= 11 is 0. The largest absolute Gasteiger partial charge is 0.496 e. The van der Waals surface area contributed by atoms with Crippen LogP contribution in [0.1, 0.15) is 25.3 Å². The van der Waals surface area contributed by atoms with E-state index >= 15 is 0 Å². The number of nitrogens with one attached hydrogen (secondary N) is 1. The summed E-state index contributed by atoms with van der Waals surface area (Å²) in [7, 11) is 1.75. The molecule has 0 unspecified atom stereocenters. The van der Waals surface area contributed by atoms with Crippen LogP contribution in [0, 0.1) is 5.41 Å². The van der Waals surface area contributed by atoms with Gasteiger partial charge in [-0.1, -0.05) is 25.1 Å². The maximum absolute atomic E-state index is 5.42. The first kappa shape index (κ1) is 11.5. The Labute approximate surface area is 98.0 Å². The van der Waals surface area contributed by atoms with E-state index in [0.717, 1.165) is 25.3 Å². The molecule has 0 aliphatic carbocycles. The molecule has 1 heterocycles. The zero-order valence-electron chi connectivity index (χ0n) is 10.3. The standard InChI is InChI=1S/C14H21NO/c1-14(7-9-15-10-8-14)11-12-5-3-4-6-13(12)16-2/h3-6,15H,7-11H2,1-2H3. The molecule has 0 spiro atoms. The van der Waals surface area contributed by atoms with Crippen LogP contribution in [0.25, 0.3) is 0 Å². The fourth-order valence-corrected chi connectivity index (χ4v) is 2.52. The zero-order chi connectivity index (χ0) is 11.4. The van der Waals surface area contributed by atoms with E-state index in [2.05, 4.69) is 30.4 Å². The Balaban J connectivity index is 2.12. The molecule has 0 bridgehead atoms. The second-order valence-corrected chi connectivity index (χ2v) is 5.05. The molecule has 1 fully saturated rings. The smallest absolute Gasteiger partial charge is 0.122 e. The Kier molecular flexibility index (Phi) is 3.49. The van der Waals surface area contributed by atoms with Gasteiger partial charge in [0.05, 0.1) is 7.11 Å². The van der Waals surface area contributed by atoms with Crippen molar-refractivity contribution in [1.29, 1.82) is 0 Å². The Bertz CT molecular complexity index is 342. The van der Waals surface area contributed by atoms with Gasteiger partial charge in [-0.15, -0.1) is 0 Å². The molecule has 1 N–H and O–H groups in total. The van der Waals surface area contributed by atoms with Gasteiger partial charge in [-0.25, -0.2) is 0 Å². The summed E-state index contributed by atoms with van der Waals surface area (Å²) in [6.45, 7) is 4.68. The summed E-state index contributed by atoms with van der Waals surface area (Å²) in [5.74, 6) is 1.03. The molecule has 0 amide bonds. The lowest BCUT2D eigenvalue weighted by Crippen LogP contribution is -2.36. The Morgan fingerprint density at radius 2 is 1.94 bits per heavy atom. The summed E-state index contributed by atoms with van der Waals surface area (Å²) in [5.41, 5.74) is 1.77. The van der Waals surface area contributed by atoms with Crippen molar-refractivity contribution >= 4 is 0 Å². The van der Waals surface area contributed by atoms with Crippen LogP contribution in [0.2, 0.25) is 0 Å². The van der Waals surface area contributed by atoms with Gasteiger partial charge in [0.25, 0.3) is 0 Å². The van der Waals surface area contributed by atoms with Gasteiger partial charge in [0.2, 0.25) is 0 Å². The first-order valence-electron chi connectivity index (χ1n) is 6.06. The minimum Gasteiger partial charge on any atom is -0.496 e. The van der Waals surface area contributed by atoms with Crippen LogP contribution in [0.15, 0.2) is 24.3 Å². The lowest BCUT2D eigenvalue weighted by Gasteiger charge is -2.34. The normalized spacial score (nSPS) is 19.4. The van der Waals surface area contributed by atoms with Gasteiger partial charge in [-0.05, 0) is 49.4 Å². The molecule has 2 rings (SSSR count). The SMILES string of the molecule is COc1ccccc1CC1(C)CCNCC1. The molecular weight excluding hydrogens is 198 g/mol. The van der Waals surface area contributed by atoms with Gasteiger partial charge in [0.15, 0.2) is 0 Å². The third kappa shape index (κ3) is 2.56. The second-order valence-electron chi connectivity index (χ2n) is 5.05. The molecule has 0 aromatic heterocycles. The van der Waals surface area contributed by atoms with E-state index in [-0.39, 0.29) is 0 Å². The predicted molar refractivity (Wildman–Crippen MR) is 66.9 cm³/mol. The van der Waals surface area contributed by atoms with E-state index < -0.39 is 0 Å². The van der Waals surface area contributed by atoms with E-state index in [4.69, 9.17) is 4.74 Å². The number of benzene rings is 1. The van der Waals surface area contributed by atoms with Crippen molar-refractivity contribution in [3.8, 4) is 5.75 Å². The number of para-hydroxylation sites is 1.